The lowest BCUT2D eigenvalue weighted by Gasteiger charge is -2.37. The molecular weight excluding hydrogens is 256 g/mol. The number of ether oxygens (including phenoxy) is 1. The van der Waals surface area contributed by atoms with Crippen molar-refractivity contribution in [3.8, 4) is 6.07 Å². The molecule has 1 saturated heterocycles. The van der Waals surface area contributed by atoms with Gasteiger partial charge in [-0.05, 0) is 52.0 Å². The van der Waals surface area contributed by atoms with Crippen LogP contribution >= 0.6 is 11.8 Å². The van der Waals surface area contributed by atoms with Gasteiger partial charge in [0.15, 0.2) is 0 Å². The summed E-state index contributed by atoms with van der Waals surface area (Å²) < 4.78 is 5.65. The highest BCUT2D eigenvalue weighted by Gasteiger charge is 2.38. The van der Waals surface area contributed by atoms with Gasteiger partial charge in [0.25, 0.3) is 0 Å². The maximum absolute atomic E-state index is 9.55. The minimum atomic E-state index is -0.269. The Morgan fingerprint density at radius 3 is 2.95 bits per heavy atom. The molecule has 4 unspecified atom stereocenters. The molecule has 0 radical (unpaired) electrons. The first-order valence-corrected chi connectivity index (χ1v) is 8.57. The molecule has 2 fully saturated rings. The lowest BCUT2D eigenvalue weighted by Crippen LogP contribution is -2.48. The Kier molecular flexibility index (Phi) is 5.56. The fourth-order valence-electron chi connectivity index (χ4n) is 3.14. The molecule has 108 valence electrons. The molecule has 0 aromatic rings. The first-order chi connectivity index (χ1) is 9.19. The third-order valence-corrected chi connectivity index (χ3v) is 6.06. The second-order valence-electron chi connectivity index (χ2n) is 5.88. The standard InChI is InChI=1S/C15H26N2OS/c1-3-8-17-15(11-16)7-4-5-13(10-15)19-14-6-9-18-12(14)2/h12-14,17H,3-10H2,1-2H3. The van der Waals surface area contributed by atoms with Crippen molar-refractivity contribution in [2.24, 2.45) is 0 Å². The number of nitrogens with one attached hydrogen (secondary N) is 1. The molecule has 19 heavy (non-hydrogen) atoms. The maximum atomic E-state index is 9.55. The number of hydrogen-bond donors (Lipinski definition) is 1. The summed E-state index contributed by atoms with van der Waals surface area (Å²) in [6.45, 7) is 6.20. The smallest absolute Gasteiger partial charge is 0.107 e. The highest BCUT2D eigenvalue weighted by Crippen LogP contribution is 2.39. The van der Waals surface area contributed by atoms with Crippen LogP contribution in [0.2, 0.25) is 0 Å². The van der Waals surface area contributed by atoms with Crippen LogP contribution in [0.15, 0.2) is 0 Å². The minimum Gasteiger partial charge on any atom is -0.377 e. The number of hydrogen-bond acceptors (Lipinski definition) is 4. The van der Waals surface area contributed by atoms with Gasteiger partial charge in [-0.15, -0.1) is 0 Å². The van der Waals surface area contributed by atoms with E-state index in [-0.39, 0.29) is 5.54 Å². The van der Waals surface area contributed by atoms with Gasteiger partial charge in [-0.2, -0.15) is 17.0 Å². The molecule has 1 aliphatic heterocycles. The Hall–Kier alpha value is -0.240. The monoisotopic (exact) mass is 282 g/mol. The average molecular weight is 282 g/mol. The zero-order valence-corrected chi connectivity index (χ0v) is 13.0. The van der Waals surface area contributed by atoms with Crippen LogP contribution in [0.25, 0.3) is 0 Å². The van der Waals surface area contributed by atoms with Gasteiger partial charge in [-0.1, -0.05) is 6.92 Å². The van der Waals surface area contributed by atoms with E-state index in [9.17, 15) is 5.26 Å². The van der Waals surface area contributed by atoms with E-state index in [2.05, 4.69) is 37.0 Å². The van der Waals surface area contributed by atoms with Crippen molar-refractivity contribution in [2.75, 3.05) is 13.2 Å². The summed E-state index contributed by atoms with van der Waals surface area (Å²) in [6.07, 6.45) is 7.08. The summed E-state index contributed by atoms with van der Waals surface area (Å²) in [5.74, 6) is 0. The summed E-state index contributed by atoms with van der Waals surface area (Å²) in [7, 11) is 0. The third-order valence-electron chi connectivity index (χ3n) is 4.31. The number of rotatable bonds is 5. The van der Waals surface area contributed by atoms with Crippen molar-refractivity contribution < 1.29 is 4.74 Å². The fraction of sp³-hybridized carbons (Fsp3) is 0.933. The van der Waals surface area contributed by atoms with Gasteiger partial charge < -0.3 is 4.74 Å². The van der Waals surface area contributed by atoms with Crippen LogP contribution < -0.4 is 5.32 Å². The molecule has 0 bridgehead atoms. The summed E-state index contributed by atoms with van der Waals surface area (Å²) in [5.41, 5.74) is -0.269. The van der Waals surface area contributed by atoms with Gasteiger partial charge >= 0.3 is 0 Å². The molecule has 3 nitrogen and oxygen atoms in total. The minimum absolute atomic E-state index is 0.269. The van der Waals surface area contributed by atoms with Crippen LogP contribution in [-0.4, -0.2) is 35.3 Å². The van der Waals surface area contributed by atoms with Crippen LogP contribution in [-0.2, 0) is 4.74 Å². The van der Waals surface area contributed by atoms with Crippen LogP contribution in [0.3, 0.4) is 0 Å². The Balaban J connectivity index is 1.90. The van der Waals surface area contributed by atoms with Gasteiger partial charge in [0.05, 0.1) is 12.2 Å². The van der Waals surface area contributed by atoms with Crippen molar-refractivity contribution >= 4 is 11.8 Å². The first-order valence-electron chi connectivity index (χ1n) is 7.62. The van der Waals surface area contributed by atoms with E-state index in [0.29, 0.717) is 16.6 Å². The van der Waals surface area contributed by atoms with Gasteiger partial charge in [0.2, 0.25) is 0 Å². The topological polar surface area (TPSA) is 45.0 Å². The average Bonchev–Trinajstić information content (AvgIpc) is 2.82. The largest absolute Gasteiger partial charge is 0.377 e. The normalized spacial score (nSPS) is 39.1. The summed E-state index contributed by atoms with van der Waals surface area (Å²) in [5, 5.41) is 14.3. The number of nitriles is 1. The lowest BCUT2D eigenvalue weighted by atomic mass is 9.82. The zero-order chi connectivity index (χ0) is 13.7. The van der Waals surface area contributed by atoms with Crippen LogP contribution in [0, 0.1) is 11.3 Å². The van der Waals surface area contributed by atoms with Crippen molar-refractivity contribution in [3.63, 3.8) is 0 Å². The van der Waals surface area contributed by atoms with Crippen LogP contribution in [0.1, 0.15) is 52.4 Å². The lowest BCUT2D eigenvalue weighted by molar-refractivity contribution is 0.127. The van der Waals surface area contributed by atoms with E-state index in [1.54, 1.807) is 0 Å². The van der Waals surface area contributed by atoms with Crippen molar-refractivity contribution in [1.82, 2.24) is 5.32 Å². The van der Waals surface area contributed by atoms with Gasteiger partial charge in [-0.3, -0.25) is 5.32 Å². The highest BCUT2D eigenvalue weighted by atomic mass is 32.2. The van der Waals surface area contributed by atoms with E-state index < -0.39 is 0 Å². The molecule has 0 spiro atoms. The van der Waals surface area contributed by atoms with Crippen molar-refractivity contribution in [2.45, 2.75) is 74.5 Å². The van der Waals surface area contributed by atoms with Crippen LogP contribution in [0.5, 0.6) is 0 Å². The van der Waals surface area contributed by atoms with E-state index in [4.69, 9.17) is 4.74 Å². The van der Waals surface area contributed by atoms with E-state index >= 15 is 0 Å². The zero-order valence-electron chi connectivity index (χ0n) is 12.2. The molecule has 2 aliphatic rings. The van der Waals surface area contributed by atoms with E-state index in [1.165, 1.54) is 19.3 Å². The van der Waals surface area contributed by atoms with E-state index in [1.807, 2.05) is 0 Å². The molecule has 1 saturated carbocycles. The second-order valence-corrected chi connectivity index (χ2v) is 7.42. The Morgan fingerprint density at radius 1 is 1.47 bits per heavy atom. The molecule has 0 aromatic heterocycles. The molecule has 4 heteroatoms. The van der Waals surface area contributed by atoms with Gasteiger partial charge in [-0.25, -0.2) is 0 Å². The molecule has 2 rings (SSSR count). The Bertz CT molecular complexity index is 331. The molecule has 1 heterocycles. The van der Waals surface area contributed by atoms with E-state index in [0.717, 1.165) is 32.4 Å². The Labute approximate surface area is 121 Å². The molecule has 0 aromatic carbocycles. The molecule has 1 N–H and O–H groups in total. The van der Waals surface area contributed by atoms with Crippen LogP contribution in [0.4, 0.5) is 0 Å². The molecule has 0 amide bonds. The second kappa shape index (κ2) is 6.97. The predicted molar refractivity (Wildman–Crippen MR) is 80.3 cm³/mol. The van der Waals surface area contributed by atoms with Crippen molar-refractivity contribution in [1.29, 1.82) is 5.26 Å². The summed E-state index contributed by atoms with van der Waals surface area (Å²) in [4.78, 5) is 0. The molecular formula is C15H26N2OS. The van der Waals surface area contributed by atoms with Crippen molar-refractivity contribution in [3.05, 3.63) is 0 Å². The van der Waals surface area contributed by atoms with Gasteiger partial charge in [0.1, 0.15) is 5.54 Å². The maximum Gasteiger partial charge on any atom is 0.107 e. The number of thioether (sulfide) groups is 1. The highest BCUT2D eigenvalue weighted by molar-refractivity contribution is 8.00. The fourth-order valence-corrected chi connectivity index (χ4v) is 4.85. The SMILES string of the molecule is CCCNC1(C#N)CCCC(SC2CCOC2C)C1. The number of nitrogens with zero attached hydrogens (tertiary/aromatic N) is 1. The first kappa shape index (κ1) is 15.2. The predicted octanol–water partition coefficient (Wildman–Crippen LogP) is 3.10. The summed E-state index contributed by atoms with van der Waals surface area (Å²) in [6, 6.07) is 2.56. The third kappa shape index (κ3) is 3.87. The molecule has 1 aliphatic carbocycles. The quantitative estimate of drug-likeness (QED) is 0.841. The molecule has 4 atom stereocenters. The Morgan fingerprint density at radius 2 is 2.32 bits per heavy atom. The summed E-state index contributed by atoms with van der Waals surface area (Å²) >= 11 is 2.07. The van der Waals surface area contributed by atoms with Gasteiger partial charge in [0, 0.05) is 17.1 Å².